The van der Waals surface area contributed by atoms with Crippen LogP contribution in [0.2, 0.25) is 0 Å². The molecule has 0 radical (unpaired) electrons. The molecule has 3 heterocycles. The van der Waals surface area contributed by atoms with Crippen molar-refractivity contribution in [2.45, 2.75) is 42.5 Å². The summed E-state index contributed by atoms with van der Waals surface area (Å²) in [6, 6.07) is 0.437. The smallest absolute Gasteiger partial charge is 0.222 e. The Bertz CT molecular complexity index is 446. The first kappa shape index (κ1) is 15.3. The van der Waals surface area contributed by atoms with Crippen LogP contribution in [0, 0.1) is 0 Å². The second kappa shape index (κ2) is 7.61. The third-order valence-electron chi connectivity index (χ3n) is 4.34. The number of hydrogen-bond donors (Lipinski definition) is 0. The van der Waals surface area contributed by atoms with Crippen LogP contribution in [-0.4, -0.2) is 58.7 Å². The van der Waals surface area contributed by atoms with Crippen LogP contribution in [0.1, 0.15) is 32.1 Å². The summed E-state index contributed by atoms with van der Waals surface area (Å²) in [6.45, 7) is 4.37. The Kier molecular flexibility index (Phi) is 5.55. The van der Waals surface area contributed by atoms with E-state index in [0.717, 1.165) is 36.0 Å². The standard InChI is InChI=1S/C15H23N3OS2/c19-14-5-4-13(12-17-7-2-1-3-8-17)18(14)9-11-21-15-16-6-10-20-15/h6,10,13H,1-5,7-9,11-12H2/t13-/m1/s1. The van der Waals surface area contributed by atoms with E-state index < -0.39 is 0 Å². The van der Waals surface area contributed by atoms with E-state index in [1.54, 1.807) is 23.1 Å². The lowest BCUT2D eigenvalue weighted by molar-refractivity contribution is -0.128. The van der Waals surface area contributed by atoms with Gasteiger partial charge in [-0.3, -0.25) is 4.79 Å². The second-order valence-corrected chi connectivity index (χ2v) is 8.02. The molecule has 1 aromatic heterocycles. The normalized spacial score (nSPS) is 23.9. The van der Waals surface area contributed by atoms with E-state index in [9.17, 15) is 4.79 Å². The highest BCUT2D eigenvalue weighted by Crippen LogP contribution is 2.24. The molecule has 2 aliphatic heterocycles. The molecule has 1 atom stereocenters. The number of thiazole rings is 1. The number of hydrogen-bond acceptors (Lipinski definition) is 5. The van der Waals surface area contributed by atoms with Crippen molar-refractivity contribution in [2.24, 2.45) is 0 Å². The predicted octanol–water partition coefficient (Wildman–Crippen LogP) is 2.71. The van der Waals surface area contributed by atoms with Gasteiger partial charge in [0.25, 0.3) is 0 Å². The van der Waals surface area contributed by atoms with Crippen LogP contribution in [0.5, 0.6) is 0 Å². The van der Waals surface area contributed by atoms with Gasteiger partial charge in [-0.2, -0.15) is 0 Å². The van der Waals surface area contributed by atoms with Crippen LogP contribution in [0.4, 0.5) is 0 Å². The van der Waals surface area contributed by atoms with Crippen molar-refractivity contribution in [1.82, 2.24) is 14.8 Å². The van der Waals surface area contributed by atoms with Crippen LogP contribution in [0.25, 0.3) is 0 Å². The van der Waals surface area contributed by atoms with Gasteiger partial charge in [-0.15, -0.1) is 11.3 Å². The summed E-state index contributed by atoms with van der Waals surface area (Å²) >= 11 is 3.44. The largest absolute Gasteiger partial charge is 0.338 e. The quantitative estimate of drug-likeness (QED) is 0.754. The van der Waals surface area contributed by atoms with Gasteiger partial charge >= 0.3 is 0 Å². The van der Waals surface area contributed by atoms with Crippen LogP contribution < -0.4 is 0 Å². The summed E-state index contributed by atoms with van der Waals surface area (Å²) in [7, 11) is 0. The molecule has 0 unspecified atom stereocenters. The van der Waals surface area contributed by atoms with Gasteiger partial charge in [0, 0.05) is 42.9 Å². The van der Waals surface area contributed by atoms with Crippen molar-refractivity contribution in [3.05, 3.63) is 11.6 Å². The molecule has 0 aromatic carbocycles. The molecule has 0 N–H and O–H groups in total. The molecule has 3 rings (SSSR count). The maximum absolute atomic E-state index is 12.1. The highest BCUT2D eigenvalue weighted by molar-refractivity contribution is 8.01. The molecule has 1 aromatic rings. The maximum atomic E-state index is 12.1. The number of thioether (sulfide) groups is 1. The fourth-order valence-corrected chi connectivity index (χ4v) is 4.89. The Morgan fingerprint density at radius 1 is 1.33 bits per heavy atom. The van der Waals surface area contributed by atoms with Gasteiger partial charge in [0.1, 0.15) is 4.34 Å². The summed E-state index contributed by atoms with van der Waals surface area (Å²) in [5.74, 6) is 1.30. The number of carbonyl (C=O) groups excluding carboxylic acids is 1. The van der Waals surface area contributed by atoms with Crippen molar-refractivity contribution in [2.75, 3.05) is 31.9 Å². The molecule has 4 nitrogen and oxygen atoms in total. The van der Waals surface area contributed by atoms with Gasteiger partial charge in [0.2, 0.25) is 5.91 Å². The van der Waals surface area contributed by atoms with Gasteiger partial charge in [0.05, 0.1) is 0 Å². The second-order valence-electron chi connectivity index (χ2n) is 5.79. The van der Waals surface area contributed by atoms with E-state index in [-0.39, 0.29) is 0 Å². The summed E-state index contributed by atoms with van der Waals surface area (Å²) < 4.78 is 1.11. The first-order valence-electron chi connectivity index (χ1n) is 7.87. The van der Waals surface area contributed by atoms with Gasteiger partial charge in [-0.1, -0.05) is 18.2 Å². The Hall–Kier alpha value is -0.590. The Labute approximate surface area is 134 Å². The Morgan fingerprint density at radius 3 is 2.95 bits per heavy atom. The minimum Gasteiger partial charge on any atom is -0.338 e. The summed E-state index contributed by atoms with van der Waals surface area (Å²) in [5.41, 5.74) is 0. The molecule has 0 aliphatic carbocycles. The molecule has 6 heteroatoms. The minimum absolute atomic E-state index is 0.344. The van der Waals surface area contributed by atoms with Crippen molar-refractivity contribution in [3.63, 3.8) is 0 Å². The monoisotopic (exact) mass is 325 g/mol. The van der Waals surface area contributed by atoms with Crippen molar-refractivity contribution >= 4 is 29.0 Å². The molecule has 0 saturated carbocycles. The molecule has 0 spiro atoms. The fraction of sp³-hybridized carbons (Fsp3) is 0.733. The van der Waals surface area contributed by atoms with E-state index in [4.69, 9.17) is 0 Å². The van der Waals surface area contributed by atoms with Gasteiger partial charge in [0.15, 0.2) is 0 Å². The van der Waals surface area contributed by atoms with Crippen LogP contribution in [-0.2, 0) is 4.79 Å². The molecule has 2 saturated heterocycles. The molecule has 1 amide bonds. The van der Waals surface area contributed by atoms with E-state index >= 15 is 0 Å². The summed E-state index contributed by atoms with van der Waals surface area (Å²) in [4.78, 5) is 21.1. The van der Waals surface area contributed by atoms with Gasteiger partial charge in [-0.05, 0) is 32.4 Å². The molecule has 21 heavy (non-hydrogen) atoms. The number of amides is 1. The molecule has 0 bridgehead atoms. The highest BCUT2D eigenvalue weighted by Gasteiger charge is 2.31. The first-order chi connectivity index (χ1) is 10.3. The van der Waals surface area contributed by atoms with Crippen molar-refractivity contribution < 1.29 is 4.79 Å². The Balaban J connectivity index is 1.47. The molecular formula is C15H23N3OS2. The molecule has 2 fully saturated rings. The molecule has 2 aliphatic rings. The van der Waals surface area contributed by atoms with Crippen LogP contribution >= 0.6 is 23.1 Å². The van der Waals surface area contributed by atoms with E-state index in [1.165, 1.54) is 32.4 Å². The van der Waals surface area contributed by atoms with E-state index in [0.29, 0.717) is 11.9 Å². The number of piperidine rings is 1. The highest BCUT2D eigenvalue weighted by atomic mass is 32.2. The zero-order valence-corrected chi connectivity index (χ0v) is 14.0. The number of rotatable bonds is 6. The average Bonchev–Trinajstić information content (AvgIpc) is 3.13. The number of carbonyl (C=O) groups is 1. The van der Waals surface area contributed by atoms with Crippen LogP contribution in [0.3, 0.4) is 0 Å². The zero-order chi connectivity index (χ0) is 14.5. The zero-order valence-electron chi connectivity index (χ0n) is 12.4. The molecule has 116 valence electrons. The van der Waals surface area contributed by atoms with E-state index in [2.05, 4.69) is 14.8 Å². The minimum atomic E-state index is 0.344. The SMILES string of the molecule is O=C1CC[C@H](CN2CCCCC2)N1CCSc1nccs1. The summed E-state index contributed by atoms with van der Waals surface area (Å²) in [5, 5.41) is 2.00. The van der Waals surface area contributed by atoms with Gasteiger partial charge < -0.3 is 9.80 Å². The lowest BCUT2D eigenvalue weighted by atomic mass is 10.1. The van der Waals surface area contributed by atoms with E-state index in [1.807, 2.05) is 11.6 Å². The van der Waals surface area contributed by atoms with Crippen LogP contribution in [0.15, 0.2) is 15.9 Å². The first-order valence-corrected chi connectivity index (χ1v) is 9.73. The number of aromatic nitrogens is 1. The average molecular weight is 326 g/mol. The lowest BCUT2D eigenvalue weighted by Crippen LogP contribution is -2.44. The number of likely N-dealkylation sites (tertiary alicyclic amines) is 2. The maximum Gasteiger partial charge on any atom is 0.222 e. The van der Waals surface area contributed by atoms with Crippen molar-refractivity contribution in [3.8, 4) is 0 Å². The predicted molar refractivity (Wildman–Crippen MR) is 87.9 cm³/mol. The fourth-order valence-electron chi connectivity index (χ4n) is 3.24. The summed E-state index contributed by atoms with van der Waals surface area (Å²) in [6.07, 6.45) is 7.63. The number of nitrogens with zero attached hydrogens (tertiary/aromatic N) is 3. The Morgan fingerprint density at radius 2 is 2.19 bits per heavy atom. The third-order valence-corrected chi connectivity index (χ3v) is 6.28. The third kappa shape index (κ3) is 4.20. The lowest BCUT2D eigenvalue weighted by Gasteiger charge is -2.33. The van der Waals surface area contributed by atoms with Crippen molar-refractivity contribution in [1.29, 1.82) is 0 Å². The van der Waals surface area contributed by atoms with Gasteiger partial charge in [-0.25, -0.2) is 4.98 Å². The molecular weight excluding hydrogens is 302 g/mol. The topological polar surface area (TPSA) is 36.4 Å².